The van der Waals surface area contributed by atoms with Crippen LogP contribution in [0.2, 0.25) is 0 Å². The molecule has 16 heavy (non-hydrogen) atoms. The van der Waals surface area contributed by atoms with Gasteiger partial charge in [0.1, 0.15) is 0 Å². The van der Waals surface area contributed by atoms with Crippen molar-refractivity contribution in [1.82, 2.24) is 0 Å². The van der Waals surface area contributed by atoms with Crippen LogP contribution < -0.4 is 0 Å². The van der Waals surface area contributed by atoms with E-state index < -0.39 is 11.2 Å². The number of hydrogen-bond donors (Lipinski definition) is 2. The molecule has 0 aliphatic carbocycles. The van der Waals surface area contributed by atoms with Gasteiger partial charge in [-0.25, -0.2) is 0 Å². The normalized spacial score (nSPS) is 18.9. The Morgan fingerprint density at radius 3 is 1.25 bits per heavy atom. The second-order valence-corrected chi connectivity index (χ2v) is 4.83. The molecule has 2 nitrogen and oxygen atoms in total. The molecule has 2 N–H and O–H groups in total. The summed E-state index contributed by atoms with van der Waals surface area (Å²) in [6, 6.07) is 7.57. The van der Waals surface area contributed by atoms with E-state index in [0.29, 0.717) is 12.8 Å². The van der Waals surface area contributed by atoms with E-state index in [9.17, 15) is 10.2 Å². The second-order valence-electron chi connectivity index (χ2n) is 4.83. The van der Waals surface area contributed by atoms with Crippen LogP contribution >= 0.6 is 0 Å². The third kappa shape index (κ3) is 2.63. The molecular formula is C14H22O2. The summed E-state index contributed by atoms with van der Waals surface area (Å²) < 4.78 is 0. The molecule has 1 aromatic rings. The van der Waals surface area contributed by atoms with Crippen LogP contribution in [0.3, 0.4) is 0 Å². The Bertz CT molecular complexity index is 301. The lowest BCUT2D eigenvalue weighted by Crippen LogP contribution is -2.22. The fourth-order valence-electron chi connectivity index (χ4n) is 1.60. The fraction of sp³-hybridized carbons (Fsp3) is 0.571. The maximum absolute atomic E-state index is 10.1. The molecule has 0 aliphatic rings. The van der Waals surface area contributed by atoms with Crippen molar-refractivity contribution in [2.45, 2.75) is 51.7 Å². The van der Waals surface area contributed by atoms with E-state index in [0.717, 1.165) is 11.1 Å². The Balaban J connectivity index is 3.00. The van der Waals surface area contributed by atoms with E-state index >= 15 is 0 Å². The summed E-state index contributed by atoms with van der Waals surface area (Å²) in [6.45, 7) is 7.52. The van der Waals surface area contributed by atoms with E-state index in [1.54, 1.807) is 13.8 Å². The quantitative estimate of drug-likeness (QED) is 0.822. The summed E-state index contributed by atoms with van der Waals surface area (Å²) in [5, 5.41) is 20.2. The highest BCUT2D eigenvalue weighted by molar-refractivity contribution is 5.29. The van der Waals surface area contributed by atoms with Crippen LogP contribution in [0.4, 0.5) is 0 Å². The lowest BCUT2D eigenvalue weighted by Gasteiger charge is -2.25. The zero-order chi connectivity index (χ0) is 12.4. The standard InChI is InChI=1S/C14H22O2/c1-5-13(3,15)11-7-9-12(10-8-11)14(4,16)6-2/h7-10,15-16H,5-6H2,1-4H3. The highest BCUT2D eigenvalue weighted by Crippen LogP contribution is 2.28. The maximum Gasteiger partial charge on any atom is 0.0865 e. The van der Waals surface area contributed by atoms with Crippen molar-refractivity contribution < 1.29 is 10.2 Å². The van der Waals surface area contributed by atoms with Crippen molar-refractivity contribution in [2.75, 3.05) is 0 Å². The average molecular weight is 222 g/mol. The van der Waals surface area contributed by atoms with Crippen LogP contribution in [0.15, 0.2) is 24.3 Å². The van der Waals surface area contributed by atoms with Crippen LogP contribution in [0.1, 0.15) is 51.7 Å². The van der Waals surface area contributed by atoms with Crippen molar-refractivity contribution in [1.29, 1.82) is 0 Å². The third-order valence-corrected chi connectivity index (χ3v) is 3.51. The largest absolute Gasteiger partial charge is 0.385 e. The molecule has 0 heterocycles. The first-order valence-electron chi connectivity index (χ1n) is 5.89. The molecule has 0 saturated carbocycles. The van der Waals surface area contributed by atoms with Crippen LogP contribution in [0, 0.1) is 0 Å². The van der Waals surface area contributed by atoms with Gasteiger partial charge in [0.2, 0.25) is 0 Å². The van der Waals surface area contributed by atoms with Gasteiger partial charge in [0.15, 0.2) is 0 Å². The van der Waals surface area contributed by atoms with Crippen LogP contribution in [-0.2, 0) is 11.2 Å². The highest BCUT2D eigenvalue weighted by atomic mass is 16.3. The number of rotatable bonds is 4. The average Bonchev–Trinajstić information content (AvgIpc) is 2.29. The number of hydrogen-bond acceptors (Lipinski definition) is 2. The molecule has 2 atom stereocenters. The minimum Gasteiger partial charge on any atom is -0.385 e. The molecule has 1 rings (SSSR count). The third-order valence-electron chi connectivity index (χ3n) is 3.51. The molecule has 2 heteroatoms. The molecule has 90 valence electrons. The zero-order valence-corrected chi connectivity index (χ0v) is 10.6. The maximum atomic E-state index is 10.1. The van der Waals surface area contributed by atoms with E-state index in [-0.39, 0.29) is 0 Å². The molecule has 0 amide bonds. The van der Waals surface area contributed by atoms with E-state index in [1.807, 2.05) is 38.1 Å². The van der Waals surface area contributed by atoms with Gasteiger partial charge in [-0.05, 0) is 37.8 Å². The van der Waals surface area contributed by atoms with Gasteiger partial charge in [-0.3, -0.25) is 0 Å². The van der Waals surface area contributed by atoms with Crippen molar-refractivity contribution in [3.05, 3.63) is 35.4 Å². The molecule has 0 bridgehead atoms. The van der Waals surface area contributed by atoms with E-state index in [1.165, 1.54) is 0 Å². The van der Waals surface area contributed by atoms with E-state index in [4.69, 9.17) is 0 Å². The smallest absolute Gasteiger partial charge is 0.0865 e. The van der Waals surface area contributed by atoms with Gasteiger partial charge in [-0.2, -0.15) is 0 Å². The highest BCUT2D eigenvalue weighted by Gasteiger charge is 2.23. The lowest BCUT2D eigenvalue weighted by molar-refractivity contribution is 0.0491. The van der Waals surface area contributed by atoms with E-state index in [2.05, 4.69) is 0 Å². The molecule has 0 radical (unpaired) electrons. The van der Waals surface area contributed by atoms with Gasteiger partial charge in [0, 0.05) is 0 Å². The van der Waals surface area contributed by atoms with Gasteiger partial charge in [0.25, 0.3) is 0 Å². The molecule has 2 unspecified atom stereocenters. The lowest BCUT2D eigenvalue weighted by atomic mass is 9.88. The fourth-order valence-corrected chi connectivity index (χ4v) is 1.60. The Labute approximate surface area is 97.9 Å². The van der Waals surface area contributed by atoms with Gasteiger partial charge in [0.05, 0.1) is 11.2 Å². The molecule has 1 aromatic carbocycles. The van der Waals surface area contributed by atoms with Crippen LogP contribution in [0.25, 0.3) is 0 Å². The van der Waals surface area contributed by atoms with Crippen molar-refractivity contribution >= 4 is 0 Å². The number of benzene rings is 1. The Morgan fingerprint density at radius 2 is 1.06 bits per heavy atom. The summed E-state index contributed by atoms with van der Waals surface area (Å²) in [5.74, 6) is 0. The molecular weight excluding hydrogens is 200 g/mol. The van der Waals surface area contributed by atoms with Gasteiger partial charge >= 0.3 is 0 Å². The Kier molecular flexibility index (Phi) is 3.76. The SMILES string of the molecule is CCC(C)(O)c1ccc(C(C)(O)CC)cc1. The predicted octanol–water partition coefficient (Wildman–Crippen LogP) is 2.92. The Morgan fingerprint density at radius 1 is 0.812 bits per heavy atom. The first-order chi connectivity index (χ1) is 7.33. The first-order valence-corrected chi connectivity index (χ1v) is 5.89. The summed E-state index contributed by atoms with van der Waals surface area (Å²) in [4.78, 5) is 0. The molecule has 0 aromatic heterocycles. The summed E-state index contributed by atoms with van der Waals surface area (Å²) in [5.41, 5.74) is 0.226. The Hall–Kier alpha value is -0.860. The first kappa shape index (κ1) is 13.2. The zero-order valence-electron chi connectivity index (χ0n) is 10.6. The topological polar surface area (TPSA) is 40.5 Å². The molecule has 0 fully saturated rings. The molecule has 0 aliphatic heterocycles. The number of aliphatic hydroxyl groups is 2. The van der Waals surface area contributed by atoms with Crippen molar-refractivity contribution in [2.24, 2.45) is 0 Å². The van der Waals surface area contributed by atoms with Gasteiger partial charge < -0.3 is 10.2 Å². The minimum absolute atomic E-state index is 0.677. The van der Waals surface area contributed by atoms with Gasteiger partial charge in [-0.15, -0.1) is 0 Å². The molecule has 0 saturated heterocycles. The van der Waals surface area contributed by atoms with Crippen molar-refractivity contribution in [3.63, 3.8) is 0 Å². The summed E-state index contributed by atoms with van der Waals surface area (Å²) in [7, 11) is 0. The second kappa shape index (κ2) is 4.56. The van der Waals surface area contributed by atoms with Crippen molar-refractivity contribution in [3.8, 4) is 0 Å². The summed E-state index contributed by atoms with van der Waals surface area (Å²) >= 11 is 0. The summed E-state index contributed by atoms with van der Waals surface area (Å²) in [6.07, 6.45) is 1.35. The van der Waals surface area contributed by atoms with Gasteiger partial charge in [-0.1, -0.05) is 38.1 Å². The van der Waals surface area contributed by atoms with Crippen LogP contribution in [-0.4, -0.2) is 10.2 Å². The predicted molar refractivity (Wildman–Crippen MR) is 66.2 cm³/mol. The van der Waals surface area contributed by atoms with Crippen LogP contribution in [0.5, 0.6) is 0 Å². The monoisotopic (exact) mass is 222 g/mol. The minimum atomic E-state index is -0.781. The molecule has 0 spiro atoms.